The van der Waals surface area contributed by atoms with Crippen LogP contribution in [0.2, 0.25) is 0 Å². The maximum Gasteiger partial charge on any atom is 0.258 e. The van der Waals surface area contributed by atoms with Gasteiger partial charge in [0.1, 0.15) is 0 Å². The van der Waals surface area contributed by atoms with Crippen molar-refractivity contribution in [1.29, 1.82) is 5.26 Å². The van der Waals surface area contributed by atoms with Gasteiger partial charge in [0.25, 0.3) is 5.89 Å². The van der Waals surface area contributed by atoms with Crippen molar-refractivity contribution < 1.29 is 9.26 Å². The Morgan fingerprint density at radius 3 is 3.05 bits per heavy atom. The molecule has 0 bridgehead atoms. The lowest BCUT2D eigenvalue weighted by atomic mass is 10.0. The van der Waals surface area contributed by atoms with Crippen molar-refractivity contribution in [2.45, 2.75) is 19.3 Å². The van der Waals surface area contributed by atoms with Gasteiger partial charge >= 0.3 is 0 Å². The van der Waals surface area contributed by atoms with Gasteiger partial charge in [0.2, 0.25) is 0 Å². The van der Waals surface area contributed by atoms with Crippen molar-refractivity contribution >= 4 is 0 Å². The molecule has 0 radical (unpaired) electrons. The predicted molar refractivity (Wildman–Crippen MR) is 71.7 cm³/mol. The van der Waals surface area contributed by atoms with Gasteiger partial charge < -0.3 is 9.26 Å². The molecule has 0 saturated carbocycles. The van der Waals surface area contributed by atoms with Gasteiger partial charge in [-0.05, 0) is 24.0 Å². The van der Waals surface area contributed by atoms with E-state index in [4.69, 9.17) is 14.5 Å². The number of ether oxygens (including phenoxy) is 1. The molecule has 1 unspecified atom stereocenters. The molecule has 5 heteroatoms. The number of nitrogens with zero attached hydrogens (tertiary/aromatic N) is 3. The first-order valence-corrected chi connectivity index (χ1v) is 6.72. The fraction of sp³-hybridized carbons (Fsp3) is 0.400. The summed E-state index contributed by atoms with van der Waals surface area (Å²) >= 11 is 0. The maximum atomic E-state index is 8.86. The number of nitriles is 1. The zero-order valence-corrected chi connectivity index (χ0v) is 11.1. The van der Waals surface area contributed by atoms with Gasteiger partial charge in [-0.2, -0.15) is 10.2 Å². The number of benzene rings is 1. The summed E-state index contributed by atoms with van der Waals surface area (Å²) in [5.74, 6) is 1.68. The number of hydrogen-bond donors (Lipinski definition) is 0. The number of aromatic nitrogens is 2. The van der Waals surface area contributed by atoms with Crippen molar-refractivity contribution in [3.63, 3.8) is 0 Å². The molecular weight excluding hydrogens is 254 g/mol. The number of rotatable bonds is 4. The second-order valence-electron chi connectivity index (χ2n) is 4.94. The molecule has 0 amide bonds. The Morgan fingerprint density at radius 2 is 2.25 bits per heavy atom. The topological polar surface area (TPSA) is 71.9 Å². The summed E-state index contributed by atoms with van der Waals surface area (Å²) in [7, 11) is 0. The van der Waals surface area contributed by atoms with Crippen molar-refractivity contribution in [2.24, 2.45) is 5.92 Å². The highest BCUT2D eigenvalue weighted by molar-refractivity contribution is 5.59. The second kappa shape index (κ2) is 5.85. The van der Waals surface area contributed by atoms with E-state index >= 15 is 0 Å². The van der Waals surface area contributed by atoms with Gasteiger partial charge in [0, 0.05) is 25.2 Å². The molecule has 1 fully saturated rings. The highest BCUT2D eigenvalue weighted by Gasteiger charge is 2.20. The van der Waals surface area contributed by atoms with Crippen molar-refractivity contribution in [1.82, 2.24) is 10.1 Å². The average Bonchev–Trinajstić information content (AvgIpc) is 3.12. The highest BCUT2D eigenvalue weighted by atomic mass is 16.5. The normalized spacial score (nSPS) is 18.1. The smallest absolute Gasteiger partial charge is 0.258 e. The third-order valence-electron chi connectivity index (χ3n) is 3.48. The molecule has 2 aromatic rings. The fourth-order valence-electron chi connectivity index (χ4n) is 2.42. The predicted octanol–water partition coefficient (Wildman–Crippen LogP) is 2.38. The van der Waals surface area contributed by atoms with Crippen LogP contribution in [-0.4, -0.2) is 23.4 Å². The van der Waals surface area contributed by atoms with Gasteiger partial charge in [-0.15, -0.1) is 0 Å². The van der Waals surface area contributed by atoms with Gasteiger partial charge in [0.15, 0.2) is 5.82 Å². The van der Waals surface area contributed by atoms with Gasteiger partial charge in [-0.25, -0.2) is 0 Å². The lowest BCUT2D eigenvalue weighted by molar-refractivity contribution is 0.185. The minimum Gasteiger partial charge on any atom is -0.381 e. The molecule has 1 atom stereocenters. The van der Waals surface area contributed by atoms with Crippen molar-refractivity contribution in [2.75, 3.05) is 13.2 Å². The van der Waals surface area contributed by atoms with Crippen LogP contribution in [0.15, 0.2) is 28.8 Å². The van der Waals surface area contributed by atoms with E-state index in [0.29, 0.717) is 24.1 Å². The average molecular weight is 269 g/mol. The Balaban J connectivity index is 1.81. The summed E-state index contributed by atoms with van der Waals surface area (Å²) in [6.45, 7) is 1.59. The summed E-state index contributed by atoms with van der Waals surface area (Å²) in [6, 6.07) is 9.78. The molecule has 5 nitrogen and oxygen atoms in total. The quantitative estimate of drug-likeness (QED) is 0.852. The molecular formula is C15H15N3O2. The minimum absolute atomic E-state index is 0.338. The van der Waals surface area contributed by atoms with E-state index in [-0.39, 0.29) is 0 Å². The Labute approximate surface area is 117 Å². The van der Waals surface area contributed by atoms with E-state index in [1.54, 1.807) is 0 Å². The van der Waals surface area contributed by atoms with Gasteiger partial charge in [-0.3, -0.25) is 0 Å². The van der Waals surface area contributed by atoms with E-state index in [9.17, 15) is 0 Å². The van der Waals surface area contributed by atoms with Crippen molar-refractivity contribution in [3.05, 3.63) is 35.7 Å². The molecule has 1 aliphatic rings. The summed E-state index contributed by atoms with van der Waals surface area (Å²) in [6.07, 6.45) is 2.17. The van der Waals surface area contributed by atoms with Crippen LogP contribution >= 0.6 is 0 Å². The first-order valence-electron chi connectivity index (χ1n) is 6.72. The lowest BCUT2D eigenvalue weighted by Gasteiger charge is -2.02. The fourth-order valence-corrected chi connectivity index (χ4v) is 2.42. The van der Waals surface area contributed by atoms with Crippen LogP contribution in [0.3, 0.4) is 0 Å². The van der Waals surface area contributed by atoms with E-state index in [1.165, 1.54) is 0 Å². The van der Waals surface area contributed by atoms with Crippen LogP contribution in [0.4, 0.5) is 0 Å². The Bertz CT molecular complexity index is 624. The third kappa shape index (κ3) is 2.70. The van der Waals surface area contributed by atoms with E-state index < -0.39 is 0 Å². The zero-order chi connectivity index (χ0) is 13.8. The van der Waals surface area contributed by atoms with E-state index in [2.05, 4.69) is 16.2 Å². The van der Waals surface area contributed by atoms with Crippen LogP contribution in [0.25, 0.3) is 11.5 Å². The molecule has 3 rings (SSSR count). The second-order valence-corrected chi connectivity index (χ2v) is 4.94. The Kier molecular flexibility index (Phi) is 3.75. The van der Waals surface area contributed by atoms with Gasteiger partial charge in [0.05, 0.1) is 12.5 Å². The summed E-state index contributed by atoms with van der Waals surface area (Å²) in [5, 5.41) is 12.9. The summed E-state index contributed by atoms with van der Waals surface area (Å²) in [5.41, 5.74) is 1.75. The van der Waals surface area contributed by atoms with Crippen LogP contribution in [0.5, 0.6) is 0 Å². The van der Waals surface area contributed by atoms with Crippen LogP contribution in [-0.2, 0) is 17.6 Å². The molecule has 2 heterocycles. The van der Waals surface area contributed by atoms with Crippen molar-refractivity contribution in [3.8, 4) is 17.5 Å². The summed E-state index contributed by atoms with van der Waals surface area (Å²) in [4.78, 5) is 4.44. The molecule has 0 aliphatic carbocycles. The zero-order valence-electron chi connectivity index (χ0n) is 11.1. The van der Waals surface area contributed by atoms with Crippen LogP contribution < -0.4 is 0 Å². The molecule has 0 spiro atoms. The molecule has 1 saturated heterocycles. The first kappa shape index (κ1) is 12.8. The highest BCUT2D eigenvalue weighted by Crippen LogP contribution is 2.24. The van der Waals surface area contributed by atoms with Gasteiger partial charge in [-0.1, -0.05) is 23.4 Å². The number of hydrogen-bond acceptors (Lipinski definition) is 5. The Hall–Kier alpha value is -2.19. The molecule has 20 heavy (non-hydrogen) atoms. The van der Waals surface area contributed by atoms with Crippen LogP contribution in [0.1, 0.15) is 17.8 Å². The molecule has 102 valence electrons. The van der Waals surface area contributed by atoms with E-state index in [0.717, 1.165) is 37.2 Å². The molecule has 1 aromatic carbocycles. The third-order valence-corrected chi connectivity index (χ3v) is 3.48. The lowest BCUT2D eigenvalue weighted by Crippen LogP contribution is -2.04. The molecule has 1 aromatic heterocycles. The largest absolute Gasteiger partial charge is 0.381 e. The summed E-state index contributed by atoms with van der Waals surface area (Å²) < 4.78 is 10.7. The van der Waals surface area contributed by atoms with Crippen LogP contribution in [0, 0.1) is 17.2 Å². The monoisotopic (exact) mass is 269 g/mol. The first-order chi connectivity index (χ1) is 9.86. The SMILES string of the molecule is N#CCc1ccccc1-c1nc(CC2CCOC2)no1. The minimum atomic E-state index is 0.338. The van der Waals surface area contributed by atoms with E-state index in [1.807, 2.05) is 24.3 Å². The molecule has 0 N–H and O–H groups in total. The standard InChI is InChI=1S/C15H15N3O2/c16-7-5-12-3-1-2-4-13(12)15-17-14(18-20-15)9-11-6-8-19-10-11/h1-4,11H,5-6,8-10H2. The Morgan fingerprint density at radius 1 is 1.35 bits per heavy atom. The molecule has 1 aliphatic heterocycles. The maximum absolute atomic E-state index is 8.86.